The Kier molecular flexibility index (Phi) is 7.89. The predicted octanol–water partition coefficient (Wildman–Crippen LogP) is 2.89. The fraction of sp³-hybridized carbons (Fsp3) is 0.632. The molecule has 1 saturated heterocycles. The van der Waals surface area contributed by atoms with Crippen molar-refractivity contribution in [1.29, 1.82) is 0 Å². The number of nitrogens with zero attached hydrogens (tertiary/aromatic N) is 1. The zero-order chi connectivity index (χ0) is 17.2. The van der Waals surface area contributed by atoms with E-state index < -0.39 is 0 Å². The molecule has 0 bridgehead atoms. The summed E-state index contributed by atoms with van der Waals surface area (Å²) < 4.78 is 0. The van der Waals surface area contributed by atoms with Crippen molar-refractivity contribution < 1.29 is 4.79 Å². The molecular formula is C19H32N4O. The van der Waals surface area contributed by atoms with Gasteiger partial charge in [0, 0.05) is 25.3 Å². The predicted molar refractivity (Wildman–Crippen MR) is 101 cm³/mol. The molecule has 0 saturated carbocycles. The maximum absolute atomic E-state index is 11.7. The van der Waals surface area contributed by atoms with Gasteiger partial charge in [0.2, 0.25) is 0 Å². The Morgan fingerprint density at radius 2 is 1.75 bits per heavy atom. The normalized spacial score (nSPS) is 15.1. The van der Waals surface area contributed by atoms with E-state index in [1.165, 1.54) is 43.5 Å². The van der Waals surface area contributed by atoms with Gasteiger partial charge in [0.25, 0.3) is 0 Å². The molecule has 1 fully saturated rings. The Morgan fingerprint density at radius 1 is 1.00 bits per heavy atom. The monoisotopic (exact) mass is 332 g/mol. The summed E-state index contributed by atoms with van der Waals surface area (Å²) in [6, 6.07) is 6.25. The van der Waals surface area contributed by atoms with Gasteiger partial charge in [0.05, 0.1) is 0 Å². The molecule has 5 heteroatoms. The largest absolute Gasteiger partial charge is 0.383 e. The Balaban J connectivity index is 1.49. The molecule has 0 spiro atoms. The van der Waals surface area contributed by atoms with Crippen LogP contribution in [0.1, 0.15) is 36.8 Å². The number of anilines is 1. The van der Waals surface area contributed by atoms with Crippen molar-refractivity contribution in [2.45, 2.75) is 39.5 Å². The molecule has 24 heavy (non-hydrogen) atoms. The highest BCUT2D eigenvalue weighted by Gasteiger charge is 2.09. The van der Waals surface area contributed by atoms with Crippen molar-refractivity contribution in [3.63, 3.8) is 0 Å². The second-order valence-electron chi connectivity index (χ2n) is 6.66. The van der Waals surface area contributed by atoms with Gasteiger partial charge in [-0.1, -0.05) is 12.5 Å². The van der Waals surface area contributed by atoms with E-state index in [9.17, 15) is 4.79 Å². The molecule has 1 aromatic rings. The van der Waals surface area contributed by atoms with Gasteiger partial charge < -0.3 is 20.9 Å². The number of likely N-dealkylation sites (tertiary alicyclic amines) is 1. The van der Waals surface area contributed by atoms with E-state index >= 15 is 0 Å². The Morgan fingerprint density at radius 3 is 2.50 bits per heavy atom. The van der Waals surface area contributed by atoms with E-state index in [1.54, 1.807) is 0 Å². The summed E-state index contributed by atoms with van der Waals surface area (Å²) in [5.74, 6) is 0. The van der Waals surface area contributed by atoms with Crippen LogP contribution in [-0.2, 0) is 0 Å². The number of piperidine rings is 1. The molecule has 0 aromatic heterocycles. The molecule has 3 N–H and O–H groups in total. The third-order valence-electron chi connectivity index (χ3n) is 4.63. The van der Waals surface area contributed by atoms with Crippen LogP contribution in [0.15, 0.2) is 18.2 Å². The maximum Gasteiger partial charge on any atom is 0.314 e. The van der Waals surface area contributed by atoms with Crippen LogP contribution < -0.4 is 16.0 Å². The molecule has 2 rings (SSSR count). The van der Waals surface area contributed by atoms with Crippen molar-refractivity contribution in [3.05, 3.63) is 29.3 Å². The first-order valence-electron chi connectivity index (χ1n) is 9.20. The minimum Gasteiger partial charge on any atom is -0.383 e. The molecule has 1 heterocycles. The van der Waals surface area contributed by atoms with Gasteiger partial charge >= 0.3 is 6.03 Å². The SMILES string of the molecule is Cc1ccc(NCCNC(=O)NCCCN2CCCCC2)cc1C. The molecule has 5 nitrogen and oxygen atoms in total. The maximum atomic E-state index is 11.7. The smallest absolute Gasteiger partial charge is 0.314 e. The lowest BCUT2D eigenvalue weighted by molar-refractivity contribution is 0.222. The standard InChI is InChI=1S/C19H32N4O/c1-16-7-8-18(15-17(16)2)20-10-11-22-19(24)21-9-6-14-23-12-4-3-5-13-23/h7-8,15,20H,3-6,9-14H2,1-2H3,(H2,21,22,24). The third-order valence-corrected chi connectivity index (χ3v) is 4.63. The first-order chi connectivity index (χ1) is 11.6. The lowest BCUT2D eigenvalue weighted by Gasteiger charge is -2.26. The van der Waals surface area contributed by atoms with E-state index in [0.29, 0.717) is 6.54 Å². The minimum absolute atomic E-state index is 0.0736. The van der Waals surface area contributed by atoms with Crippen LogP contribution in [-0.4, -0.2) is 50.2 Å². The molecular weight excluding hydrogens is 300 g/mol. The summed E-state index contributed by atoms with van der Waals surface area (Å²) in [5.41, 5.74) is 3.67. The number of aryl methyl sites for hydroxylation is 2. The highest BCUT2D eigenvalue weighted by molar-refractivity contribution is 5.73. The minimum atomic E-state index is -0.0736. The van der Waals surface area contributed by atoms with Crippen LogP contribution in [0.5, 0.6) is 0 Å². The molecule has 0 aliphatic carbocycles. The summed E-state index contributed by atoms with van der Waals surface area (Å²) in [6.07, 6.45) is 5.03. The first kappa shape index (κ1) is 18.6. The number of amides is 2. The van der Waals surface area contributed by atoms with E-state index in [4.69, 9.17) is 0 Å². The van der Waals surface area contributed by atoms with Crippen LogP contribution in [0, 0.1) is 13.8 Å². The van der Waals surface area contributed by atoms with Crippen molar-refractivity contribution >= 4 is 11.7 Å². The molecule has 0 unspecified atom stereocenters. The number of rotatable bonds is 8. The van der Waals surface area contributed by atoms with Crippen LogP contribution >= 0.6 is 0 Å². The van der Waals surface area contributed by atoms with Crippen molar-refractivity contribution in [2.24, 2.45) is 0 Å². The van der Waals surface area contributed by atoms with Crippen molar-refractivity contribution in [2.75, 3.05) is 44.6 Å². The number of carbonyl (C=O) groups excluding carboxylic acids is 1. The van der Waals surface area contributed by atoms with Crippen LogP contribution in [0.25, 0.3) is 0 Å². The number of benzene rings is 1. The average Bonchev–Trinajstić information content (AvgIpc) is 2.59. The zero-order valence-electron chi connectivity index (χ0n) is 15.2. The Labute approximate surface area is 146 Å². The van der Waals surface area contributed by atoms with Gasteiger partial charge in [-0.05, 0) is 76.0 Å². The van der Waals surface area contributed by atoms with Crippen LogP contribution in [0.2, 0.25) is 0 Å². The highest BCUT2D eigenvalue weighted by atomic mass is 16.2. The summed E-state index contributed by atoms with van der Waals surface area (Å²) in [4.78, 5) is 14.2. The van der Waals surface area contributed by atoms with Crippen LogP contribution in [0.3, 0.4) is 0 Å². The quantitative estimate of drug-likeness (QED) is 0.642. The number of urea groups is 1. The zero-order valence-corrected chi connectivity index (χ0v) is 15.2. The molecule has 1 aromatic carbocycles. The molecule has 0 atom stereocenters. The van der Waals surface area contributed by atoms with Crippen molar-refractivity contribution in [1.82, 2.24) is 15.5 Å². The first-order valence-corrected chi connectivity index (χ1v) is 9.20. The highest BCUT2D eigenvalue weighted by Crippen LogP contribution is 2.13. The van der Waals surface area contributed by atoms with Crippen LogP contribution in [0.4, 0.5) is 10.5 Å². The number of carbonyl (C=O) groups is 1. The fourth-order valence-corrected chi connectivity index (χ4v) is 2.98. The Hall–Kier alpha value is -1.75. The Bertz CT molecular complexity index is 512. The molecule has 134 valence electrons. The fourth-order valence-electron chi connectivity index (χ4n) is 2.98. The van der Waals surface area contributed by atoms with Gasteiger partial charge in [-0.25, -0.2) is 4.79 Å². The lowest BCUT2D eigenvalue weighted by atomic mass is 10.1. The topological polar surface area (TPSA) is 56.4 Å². The van der Waals surface area contributed by atoms with E-state index in [2.05, 4.69) is 52.9 Å². The van der Waals surface area contributed by atoms with E-state index in [-0.39, 0.29) is 6.03 Å². The lowest BCUT2D eigenvalue weighted by Crippen LogP contribution is -2.39. The number of hydrogen-bond acceptors (Lipinski definition) is 3. The van der Waals surface area contributed by atoms with E-state index in [0.717, 1.165) is 31.7 Å². The average molecular weight is 332 g/mol. The number of nitrogens with one attached hydrogen (secondary N) is 3. The summed E-state index contributed by atoms with van der Waals surface area (Å²) in [6.45, 7) is 9.83. The summed E-state index contributed by atoms with van der Waals surface area (Å²) in [7, 11) is 0. The van der Waals surface area contributed by atoms with Gasteiger partial charge in [0.1, 0.15) is 0 Å². The molecule has 2 amide bonds. The summed E-state index contributed by atoms with van der Waals surface area (Å²) in [5, 5.41) is 9.15. The number of hydrogen-bond donors (Lipinski definition) is 3. The van der Waals surface area contributed by atoms with Gasteiger partial charge in [-0.3, -0.25) is 0 Å². The molecule has 1 aliphatic heterocycles. The molecule has 1 aliphatic rings. The summed E-state index contributed by atoms with van der Waals surface area (Å²) >= 11 is 0. The van der Waals surface area contributed by atoms with E-state index in [1.807, 2.05) is 0 Å². The van der Waals surface area contributed by atoms with Crippen molar-refractivity contribution in [3.8, 4) is 0 Å². The second kappa shape index (κ2) is 10.2. The van der Waals surface area contributed by atoms with Gasteiger partial charge in [-0.2, -0.15) is 0 Å². The van der Waals surface area contributed by atoms with Gasteiger partial charge in [-0.15, -0.1) is 0 Å². The third kappa shape index (κ3) is 6.79. The van der Waals surface area contributed by atoms with Gasteiger partial charge in [0.15, 0.2) is 0 Å². The second-order valence-corrected chi connectivity index (χ2v) is 6.66. The molecule has 0 radical (unpaired) electrons.